The van der Waals surface area contributed by atoms with Crippen LogP contribution >= 0.6 is 0 Å². The van der Waals surface area contributed by atoms with E-state index >= 15 is 0 Å². The molecule has 66 valence electrons. The van der Waals surface area contributed by atoms with Crippen LogP contribution in [-0.4, -0.2) is 13.1 Å². The van der Waals surface area contributed by atoms with Crippen molar-refractivity contribution in [2.75, 3.05) is 12.8 Å². The summed E-state index contributed by atoms with van der Waals surface area (Å²) in [5, 5.41) is 3.19. The lowest BCUT2D eigenvalue weighted by atomic mass is 10.1. The third-order valence-corrected chi connectivity index (χ3v) is 1.99. The van der Waals surface area contributed by atoms with Crippen molar-refractivity contribution in [1.29, 1.82) is 0 Å². The second-order valence-electron chi connectivity index (χ2n) is 3.14. The van der Waals surface area contributed by atoms with E-state index in [9.17, 15) is 0 Å². The number of likely N-dealkylation sites (N-methyl/N-ethyl adjacent to an activating group) is 1. The van der Waals surface area contributed by atoms with E-state index in [-0.39, 0.29) is 0 Å². The van der Waals surface area contributed by atoms with Crippen molar-refractivity contribution in [2.45, 2.75) is 19.4 Å². The van der Waals surface area contributed by atoms with E-state index in [2.05, 4.69) is 18.3 Å². The molecule has 1 aromatic carbocycles. The Bertz CT molecular complexity index is 245. The lowest BCUT2D eigenvalue weighted by Gasteiger charge is -2.09. The van der Waals surface area contributed by atoms with Gasteiger partial charge in [-0.1, -0.05) is 12.1 Å². The molecule has 0 aromatic heterocycles. The van der Waals surface area contributed by atoms with Crippen LogP contribution in [0.5, 0.6) is 0 Å². The number of nitrogens with two attached hydrogens (primary N) is 1. The molecular weight excluding hydrogens is 148 g/mol. The SMILES string of the molecule is CNC(C)Cc1cccc(N)c1. The molecule has 0 aliphatic carbocycles. The molecule has 12 heavy (non-hydrogen) atoms. The number of anilines is 1. The average molecular weight is 164 g/mol. The van der Waals surface area contributed by atoms with Gasteiger partial charge in [0.25, 0.3) is 0 Å². The van der Waals surface area contributed by atoms with Gasteiger partial charge in [-0.15, -0.1) is 0 Å². The van der Waals surface area contributed by atoms with Crippen molar-refractivity contribution < 1.29 is 0 Å². The van der Waals surface area contributed by atoms with Crippen LogP contribution in [0.15, 0.2) is 24.3 Å². The van der Waals surface area contributed by atoms with Gasteiger partial charge in [0.1, 0.15) is 0 Å². The van der Waals surface area contributed by atoms with Gasteiger partial charge in [-0.25, -0.2) is 0 Å². The molecule has 0 bridgehead atoms. The first kappa shape index (κ1) is 9.07. The zero-order valence-corrected chi connectivity index (χ0v) is 7.67. The fourth-order valence-electron chi connectivity index (χ4n) is 1.18. The van der Waals surface area contributed by atoms with E-state index in [0.29, 0.717) is 6.04 Å². The summed E-state index contributed by atoms with van der Waals surface area (Å²) in [6.07, 6.45) is 1.03. The first-order chi connectivity index (χ1) is 5.72. The van der Waals surface area contributed by atoms with Gasteiger partial charge in [0.2, 0.25) is 0 Å². The minimum atomic E-state index is 0.506. The Hall–Kier alpha value is -1.02. The predicted octanol–water partition coefficient (Wildman–Crippen LogP) is 1.42. The molecule has 2 nitrogen and oxygen atoms in total. The maximum absolute atomic E-state index is 5.66. The molecular formula is C10H16N2. The van der Waals surface area contributed by atoms with E-state index in [1.54, 1.807) is 0 Å². The summed E-state index contributed by atoms with van der Waals surface area (Å²) in [5.41, 5.74) is 7.79. The Morgan fingerprint density at radius 2 is 2.25 bits per heavy atom. The van der Waals surface area contributed by atoms with Crippen molar-refractivity contribution in [1.82, 2.24) is 5.32 Å². The van der Waals surface area contributed by atoms with Gasteiger partial charge < -0.3 is 11.1 Å². The molecule has 1 unspecified atom stereocenters. The van der Waals surface area contributed by atoms with Crippen LogP contribution in [0.3, 0.4) is 0 Å². The molecule has 0 aliphatic heterocycles. The molecule has 1 rings (SSSR count). The molecule has 0 aliphatic rings. The molecule has 3 N–H and O–H groups in total. The second-order valence-corrected chi connectivity index (χ2v) is 3.14. The average Bonchev–Trinajstić information content (AvgIpc) is 2.04. The third-order valence-electron chi connectivity index (χ3n) is 1.99. The fraction of sp³-hybridized carbons (Fsp3) is 0.400. The maximum Gasteiger partial charge on any atom is 0.0316 e. The van der Waals surface area contributed by atoms with Gasteiger partial charge in [0.05, 0.1) is 0 Å². The van der Waals surface area contributed by atoms with Crippen LogP contribution in [-0.2, 0) is 6.42 Å². The highest BCUT2D eigenvalue weighted by molar-refractivity contribution is 5.40. The lowest BCUT2D eigenvalue weighted by molar-refractivity contribution is 0.609. The molecule has 2 heteroatoms. The highest BCUT2D eigenvalue weighted by Gasteiger charge is 1.99. The fourth-order valence-corrected chi connectivity index (χ4v) is 1.18. The summed E-state index contributed by atoms with van der Waals surface area (Å²) < 4.78 is 0. The van der Waals surface area contributed by atoms with E-state index in [1.807, 2.05) is 25.2 Å². The molecule has 1 aromatic rings. The third kappa shape index (κ3) is 2.55. The normalized spacial score (nSPS) is 12.8. The van der Waals surface area contributed by atoms with Crippen LogP contribution in [0.2, 0.25) is 0 Å². The van der Waals surface area contributed by atoms with Crippen LogP contribution in [0, 0.1) is 0 Å². The summed E-state index contributed by atoms with van der Waals surface area (Å²) in [6.45, 7) is 2.16. The van der Waals surface area contributed by atoms with E-state index in [1.165, 1.54) is 5.56 Å². The molecule has 0 fully saturated rings. The molecule has 0 spiro atoms. The van der Waals surface area contributed by atoms with Crippen LogP contribution in [0.4, 0.5) is 5.69 Å². The monoisotopic (exact) mass is 164 g/mol. The Labute approximate surface area is 73.8 Å². The van der Waals surface area contributed by atoms with Gasteiger partial charge in [-0.3, -0.25) is 0 Å². The summed E-state index contributed by atoms with van der Waals surface area (Å²) in [4.78, 5) is 0. The topological polar surface area (TPSA) is 38.0 Å². The number of benzene rings is 1. The predicted molar refractivity (Wildman–Crippen MR) is 53.1 cm³/mol. The summed E-state index contributed by atoms with van der Waals surface area (Å²) >= 11 is 0. The van der Waals surface area contributed by atoms with Crippen LogP contribution < -0.4 is 11.1 Å². The number of hydrogen-bond donors (Lipinski definition) is 2. The van der Waals surface area contributed by atoms with E-state index in [4.69, 9.17) is 5.73 Å². The Kier molecular flexibility index (Phi) is 3.11. The van der Waals surface area contributed by atoms with Crippen molar-refractivity contribution >= 4 is 5.69 Å². The first-order valence-electron chi connectivity index (χ1n) is 4.24. The van der Waals surface area contributed by atoms with Gasteiger partial charge in [-0.05, 0) is 38.1 Å². The lowest BCUT2D eigenvalue weighted by Crippen LogP contribution is -2.23. The number of nitrogen functional groups attached to an aromatic ring is 1. The van der Waals surface area contributed by atoms with Gasteiger partial charge in [0.15, 0.2) is 0 Å². The highest BCUT2D eigenvalue weighted by Crippen LogP contribution is 2.08. The molecule has 0 heterocycles. The zero-order chi connectivity index (χ0) is 8.97. The molecule has 0 saturated heterocycles. The number of rotatable bonds is 3. The van der Waals surface area contributed by atoms with Crippen molar-refractivity contribution in [2.24, 2.45) is 0 Å². The smallest absolute Gasteiger partial charge is 0.0316 e. The molecule has 0 amide bonds. The highest BCUT2D eigenvalue weighted by atomic mass is 14.8. The Morgan fingerprint density at radius 1 is 1.50 bits per heavy atom. The van der Waals surface area contributed by atoms with Gasteiger partial charge in [0, 0.05) is 11.7 Å². The summed E-state index contributed by atoms with van der Waals surface area (Å²) in [5.74, 6) is 0. The first-order valence-corrected chi connectivity index (χ1v) is 4.24. The zero-order valence-electron chi connectivity index (χ0n) is 7.67. The standard InChI is InChI=1S/C10H16N2/c1-8(12-2)6-9-4-3-5-10(11)7-9/h3-5,7-8,12H,6,11H2,1-2H3. The van der Waals surface area contributed by atoms with Crippen molar-refractivity contribution in [3.05, 3.63) is 29.8 Å². The Morgan fingerprint density at radius 3 is 2.83 bits per heavy atom. The van der Waals surface area contributed by atoms with Gasteiger partial charge in [-0.2, -0.15) is 0 Å². The van der Waals surface area contributed by atoms with Crippen LogP contribution in [0.1, 0.15) is 12.5 Å². The van der Waals surface area contributed by atoms with Crippen molar-refractivity contribution in [3.8, 4) is 0 Å². The summed E-state index contributed by atoms with van der Waals surface area (Å²) in [6, 6.07) is 8.53. The quantitative estimate of drug-likeness (QED) is 0.663. The van der Waals surface area contributed by atoms with E-state index < -0.39 is 0 Å². The minimum absolute atomic E-state index is 0.506. The van der Waals surface area contributed by atoms with E-state index in [0.717, 1.165) is 12.1 Å². The van der Waals surface area contributed by atoms with Crippen molar-refractivity contribution in [3.63, 3.8) is 0 Å². The molecule has 0 radical (unpaired) electrons. The maximum atomic E-state index is 5.66. The molecule has 0 saturated carbocycles. The number of hydrogen-bond acceptors (Lipinski definition) is 2. The minimum Gasteiger partial charge on any atom is -0.399 e. The second kappa shape index (κ2) is 4.12. The van der Waals surface area contributed by atoms with Crippen LogP contribution in [0.25, 0.3) is 0 Å². The molecule has 1 atom stereocenters. The summed E-state index contributed by atoms with van der Waals surface area (Å²) in [7, 11) is 1.97. The van der Waals surface area contributed by atoms with Gasteiger partial charge >= 0.3 is 0 Å². The number of nitrogens with one attached hydrogen (secondary N) is 1. The largest absolute Gasteiger partial charge is 0.399 e. The Balaban J connectivity index is 2.63.